The van der Waals surface area contributed by atoms with Crippen LogP contribution in [0, 0.1) is 0 Å². The molecule has 1 unspecified atom stereocenters. The third kappa shape index (κ3) is 0.580. The Morgan fingerprint density at radius 1 is 1.78 bits per heavy atom. The summed E-state index contributed by atoms with van der Waals surface area (Å²) in [5.41, 5.74) is -0.420. The zero-order chi connectivity index (χ0) is 6.48. The van der Waals surface area contributed by atoms with Crippen molar-refractivity contribution in [2.45, 2.75) is 31.0 Å². The predicted octanol–water partition coefficient (Wildman–Crippen LogP) is -0.173. The van der Waals surface area contributed by atoms with Crippen LogP contribution in [0.15, 0.2) is 0 Å². The molecule has 0 aromatic heterocycles. The molecule has 1 heterocycles. The second-order valence-corrected chi connectivity index (χ2v) is 2.76. The molecule has 50 valence electrons. The molecule has 2 fully saturated rings. The van der Waals surface area contributed by atoms with Crippen molar-refractivity contribution in [3.8, 4) is 0 Å². The molecule has 0 radical (unpaired) electrons. The molecule has 0 bridgehead atoms. The molecule has 2 aliphatic rings. The van der Waals surface area contributed by atoms with Crippen LogP contribution in [0.25, 0.3) is 0 Å². The minimum atomic E-state index is -0.420. The summed E-state index contributed by atoms with van der Waals surface area (Å²) in [7, 11) is 0. The smallest absolute Gasteiger partial charge is 0.306 e. The van der Waals surface area contributed by atoms with Gasteiger partial charge in [0.15, 0.2) is 0 Å². The fourth-order valence-corrected chi connectivity index (χ4v) is 1.29. The first-order chi connectivity index (χ1) is 4.23. The van der Waals surface area contributed by atoms with E-state index in [4.69, 9.17) is 9.84 Å². The van der Waals surface area contributed by atoms with Crippen molar-refractivity contribution in [2.75, 3.05) is 0 Å². The van der Waals surface area contributed by atoms with Crippen LogP contribution in [0.2, 0.25) is 0 Å². The second-order valence-electron chi connectivity index (χ2n) is 2.76. The average molecular weight is 128 g/mol. The molecule has 2 atom stereocenters. The highest BCUT2D eigenvalue weighted by Crippen LogP contribution is 2.47. The Hall–Kier alpha value is -0.570. The number of aliphatic hydroxyl groups is 1. The topological polar surface area (TPSA) is 46.5 Å². The van der Waals surface area contributed by atoms with Gasteiger partial charge in [0.1, 0.15) is 5.60 Å². The first-order valence-electron chi connectivity index (χ1n) is 3.13. The third-order valence-corrected chi connectivity index (χ3v) is 2.06. The van der Waals surface area contributed by atoms with E-state index in [1.165, 1.54) is 0 Å². The van der Waals surface area contributed by atoms with Gasteiger partial charge in [0.25, 0.3) is 0 Å². The first kappa shape index (κ1) is 5.23. The molecule has 0 amide bonds. The number of esters is 1. The molecule has 1 N–H and O–H groups in total. The van der Waals surface area contributed by atoms with Crippen molar-refractivity contribution in [1.29, 1.82) is 0 Å². The van der Waals surface area contributed by atoms with Gasteiger partial charge in [0, 0.05) is 19.3 Å². The average Bonchev–Trinajstić information content (AvgIpc) is 2.17. The zero-order valence-electron chi connectivity index (χ0n) is 4.96. The van der Waals surface area contributed by atoms with E-state index in [1.807, 2.05) is 0 Å². The van der Waals surface area contributed by atoms with Crippen molar-refractivity contribution in [3.05, 3.63) is 0 Å². The van der Waals surface area contributed by atoms with Crippen molar-refractivity contribution in [3.63, 3.8) is 0 Å². The van der Waals surface area contributed by atoms with Crippen LogP contribution in [0.3, 0.4) is 0 Å². The minimum Gasteiger partial charge on any atom is -0.456 e. The summed E-state index contributed by atoms with van der Waals surface area (Å²) in [5, 5.41) is 8.96. The molecule has 0 aromatic carbocycles. The SMILES string of the molecule is O=C1CC[C@]2(CC2O)O1. The summed E-state index contributed by atoms with van der Waals surface area (Å²) < 4.78 is 4.88. The highest BCUT2D eigenvalue weighted by molar-refractivity contribution is 5.73. The molecule has 1 spiro atoms. The van der Waals surface area contributed by atoms with Gasteiger partial charge < -0.3 is 9.84 Å². The Balaban J connectivity index is 2.11. The first-order valence-corrected chi connectivity index (χ1v) is 3.13. The Bertz CT molecular complexity index is 166. The molecular weight excluding hydrogens is 120 g/mol. The molecular formula is C6H8O3. The Morgan fingerprint density at radius 2 is 2.44 bits per heavy atom. The normalized spacial score (nSPS) is 47.7. The fourth-order valence-electron chi connectivity index (χ4n) is 1.29. The molecule has 1 saturated heterocycles. The van der Waals surface area contributed by atoms with Gasteiger partial charge in [-0.05, 0) is 0 Å². The summed E-state index contributed by atoms with van der Waals surface area (Å²) >= 11 is 0. The molecule has 3 nitrogen and oxygen atoms in total. The van der Waals surface area contributed by atoms with Crippen molar-refractivity contribution in [1.82, 2.24) is 0 Å². The van der Waals surface area contributed by atoms with Crippen LogP contribution in [0.4, 0.5) is 0 Å². The van der Waals surface area contributed by atoms with Crippen LogP contribution in [-0.4, -0.2) is 22.8 Å². The maximum atomic E-state index is 10.5. The zero-order valence-corrected chi connectivity index (χ0v) is 4.96. The summed E-state index contributed by atoms with van der Waals surface area (Å²) in [6, 6.07) is 0. The number of aliphatic hydroxyl groups excluding tert-OH is 1. The molecule has 1 saturated carbocycles. The van der Waals surface area contributed by atoms with Crippen LogP contribution in [0.5, 0.6) is 0 Å². The maximum Gasteiger partial charge on any atom is 0.306 e. The van der Waals surface area contributed by atoms with E-state index >= 15 is 0 Å². The van der Waals surface area contributed by atoms with Crippen LogP contribution in [0.1, 0.15) is 19.3 Å². The summed E-state index contributed by atoms with van der Waals surface area (Å²) in [6.45, 7) is 0. The fraction of sp³-hybridized carbons (Fsp3) is 0.833. The van der Waals surface area contributed by atoms with Crippen LogP contribution in [-0.2, 0) is 9.53 Å². The molecule has 1 aliphatic carbocycles. The lowest BCUT2D eigenvalue weighted by atomic mass is 10.2. The van der Waals surface area contributed by atoms with E-state index in [0.717, 1.165) is 0 Å². The number of hydrogen-bond donors (Lipinski definition) is 1. The maximum absolute atomic E-state index is 10.5. The highest BCUT2D eigenvalue weighted by atomic mass is 16.6. The van der Waals surface area contributed by atoms with Crippen LogP contribution < -0.4 is 0 Å². The van der Waals surface area contributed by atoms with Gasteiger partial charge in [-0.1, -0.05) is 0 Å². The van der Waals surface area contributed by atoms with Crippen LogP contribution >= 0.6 is 0 Å². The Morgan fingerprint density at radius 3 is 2.67 bits per heavy atom. The lowest BCUT2D eigenvalue weighted by Crippen LogP contribution is -2.12. The largest absolute Gasteiger partial charge is 0.456 e. The second kappa shape index (κ2) is 1.29. The van der Waals surface area contributed by atoms with Crippen molar-refractivity contribution >= 4 is 5.97 Å². The number of hydrogen-bond acceptors (Lipinski definition) is 3. The molecule has 0 aromatic rings. The van der Waals surface area contributed by atoms with E-state index in [1.54, 1.807) is 0 Å². The minimum absolute atomic E-state index is 0.161. The van der Waals surface area contributed by atoms with E-state index < -0.39 is 5.60 Å². The lowest BCUT2D eigenvalue weighted by molar-refractivity contribution is -0.144. The van der Waals surface area contributed by atoms with Gasteiger partial charge in [0.2, 0.25) is 0 Å². The number of carbonyl (C=O) groups is 1. The summed E-state index contributed by atoms with van der Waals surface area (Å²) in [4.78, 5) is 10.5. The third-order valence-electron chi connectivity index (χ3n) is 2.06. The number of rotatable bonds is 0. The van der Waals surface area contributed by atoms with E-state index in [-0.39, 0.29) is 12.1 Å². The predicted molar refractivity (Wildman–Crippen MR) is 28.7 cm³/mol. The molecule has 9 heavy (non-hydrogen) atoms. The van der Waals surface area contributed by atoms with E-state index in [9.17, 15) is 4.79 Å². The van der Waals surface area contributed by atoms with Gasteiger partial charge in [-0.15, -0.1) is 0 Å². The Labute approximate surface area is 52.6 Å². The lowest BCUT2D eigenvalue weighted by Gasteiger charge is -2.02. The number of carbonyl (C=O) groups excluding carboxylic acids is 1. The Kier molecular flexibility index (Phi) is 0.750. The van der Waals surface area contributed by atoms with E-state index in [0.29, 0.717) is 19.3 Å². The molecule has 2 rings (SSSR count). The number of ether oxygens (including phenoxy) is 1. The van der Waals surface area contributed by atoms with Gasteiger partial charge in [0.05, 0.1) is 6.10 Å². The van der Waals surface area contributed by atoms with E-state index in [2.05, 4.69) is 0 Å². The van der Waals surface area contributed by atoms with Gasteiger partial charge in [-0.2, -0.15) is 0 Å². The molecule has 3 heteroatoms. The van der Waals surface area contributed by atoms with Gasteiger partial charge in [-0.25, -0.2) is 0 Å². The van der Waals surface area contributed by atoms with Gasteiger partial charge in [-0.3, -0.25) is 4.79 Å². The van der Waals surface area contributed by atoms with Crippen molar-refractivity contribution < 1.29 is 14.6 Å². The summed E-state index contributed by atoms with van der Waals surface area (Å²) in [5.74, 6) is -0.161. The monoisotopic (exact) mass is 128 g/mol. The summed E-state index contributed by atoms with van der Waals surface area (Å²) in [6.07, 6.45) is 1.48. The van der Waals surface area contributed by atoms with Crippen molar-refractivity contribution in [2.24, 2.45) is 0 Å². The quantitative estimate of drug-likeness (QED) is 0.460. The van der Waals surface area contributed by atoms with Gasteiger partial charge >= 0.3 is 5.97 Å². The standard InChI is InChI=1S/C6H8O3/c7-4-3-6(4)2-1-5(8)9-6/h4,7H,1-3H2/t4?,6-/m1/s1. The molecule has 1 aliphatic heterocycles. The highest BCUT2D eigenvalue weighted by Gasteiger charge is 2.60.